The van der Waals surface area contributed by atoms with Crippen LogP contribution in [0, 0.1) is 19.7 Å². The molecule has 6 nitrogen and oxygen atoms in total. The van der Waals surface area contributed by atoms with E-state index < -0.39 is 6.03 Å². The van der Waals surface area contributed by atoms with Crippen molar-refractivity contribution in [3.63, 3.8) is 0 Å². The van der Waals surface area contributed by atoms with E-state index in [4.69, 9.17) is 16.3 Å². The molecule has 0 aliphatic heterocycles. The fourth-order valence-electron chi connectivity index (χ4n) is 2.89. The number of urea groups is 1. The number of rotatable bonds is 5. The van der Waals surface area contributed by atoms with Gasteiger partial charge in [-0.25, -0.2) is 9.18 Å². The molecular formula is C20H20ClFN4O2. The first-order valence-electron chi connectivity index (χ1n) is 8.57. The van der Waals surface area contributed by atoms with Gasteiger partial charge in [0, 0.05) is 5.02 Å². The average molecular weight is 403 g/mol. The molecule has 146 valence electrons. The number of halogens is 2. The minimum atomic E-state index is -0.447. The quantitative estimate of drug-likeness (QED) is 0.631. The van der Waals surface area contributed by atoms with Gasteiger partial charge in [-0.15, -0.1) is 0 Å². The maximum Gasteiger partial charge on any atom is 0.323 e. The molecule has 3 aromatic rings. The number of nitrogens with one attached hydrogen (secondary N) is 2. The fraction of sp³-hybridized carbons (Fsp3) is 0.200. The Morgan fingerprint density at radius 3 is 2.71 bits per heavy atom. The predicted octanol–water partition coefficient (Wildman–Crippen LogP) is 4.99. The molecule has 8 heteroatoms. The first-order chi connectivity index (χ1) is 13.4. The largest absolute Gasteiger partial charge is 0.495 e. The van der Waals surface area contributed by atoms with Crippen LogP contribution in [0.5, 0.6) is 5.75 Å². The summed E-state index contributed by atoms with van der Waals surface area (Å²) in [5.41, 5.74) is 3.24. The summed E-state index contributed by atoms with van der Waals surface area (Å²) in [7, 11) is 1.51. The number of hydrogen-bond acceptors (Lipinski definition) is 3. The lowest BCUT2D eigenvalue weighted by molar-refractivity contribution is 0.262. The van der Waals surface area contributed by atoms with Crippen LogP contribution >= 0.6 is 11.6 Å². The second kappa shape index (κ2) is 8.31. The van der Waals surface area contributed by atoms with Gasteiger partial charge in [0.05, 0.1) is 36.4 Å². The summed E-state index contributed by atoms with van der Waals surface area (Å²) < 4.78 is 20.4. The zero-order valence-corrected chi connectivity index (χ0v) is 16.5. The van der Waals surface area contributed by atoms with E-state index in [1.807, 2.05) is 13.0 Å². The maximum atomic E-state index is 13.4. The van der Waals surface area contributed by atoms with Crippen LogP contribution in [0.4, 0.5) is 20.6 Å². The summed E-state index contributed by atoms with van der Waals surface area (Å²) in [4.78, 5) is 12.5. The Morgan fingerprint density at radius 1 is 1.21 bits per heavy atom. The summed E-state index contributed by atoms with van der Waals surface area (Å²) in [5.74, 6) is 0.196. The van der Waals surface area contributed by atoms with E-state index in [0.29, 0.717) is 34.4 Å². The molecule has 0 spiro atoms. The Balaban J connectivity index is 1.77. The number of hydrogen-bond donors (Lipinski definition) is 2. The highest BCUT2D eigenvalue weighted by Crippen LogP contribution is 2.28. The van der Waals surface area contributed by atoms with Crippen molar-refractivity contribution in [2.24, 2.45) is 0 Å². The molecule has 0 aliphatic carbocycles. The molecule has 0 atom stereocenters. The lowest BCUT2D eigenvalue weighted by Crippen LogP contribution is -2.20. The van der Waals surface area contributed by atoms with Crippen LogP contribution in [0.15, 0.2) is 42.5 Å². The van der Waals surface area contributed by atoms with Crippen molar-refractivity contribution < 1.29 is 13.9 Å². The zero-order chi connectivity index (χ0) is 20.3. The fourth-order valence-corrected chi connectivity index (χ4v) is 3.06. The van der Waals surface area contributed by atoms with E-state index in [-0.39, 0.29) is 5.82 Å². The molecule has 0 radical (unpaired) electrons. The van der Waals surface area contributed by atoms with Gasteiger partial charge in [0.25, 0.3) is 0 Å². The molecule has 0 unspecified atom stereocenters. The molecule has 2 aromatic carbocycles. The molecule has 1 heterocycles. The molecule has 0 saturated heterocycles. The predicted molar refractivity (Wildman–Crippen MR) is 108 cm³/mol. The highest BCUT2D eigenvalue weighted by Gasteiger charge is 2.16. The molecule has 1 aromatic heterocycles. The SMILES string of the molecule is COc1ccc(Cl)cc1NC(=O)Nc1c(C)nn(Cc2cccc(F)c2)c1C. The molecule has 0 aliphatic rings. The lowest BCUT2D eigenvalue weighted by Gasteiger charge is -2.12. The topological polar surface area (TPSA) is 68.2 Å². The Morgan fingerprint density at radius 2 is 2.00 bits per heavy atom. The third-order valence-electron chi connectivity index (χ3n) is 4.25. The summed E-state index contributed by atoms with van der Waals surface area (Å²) in [6.07, 6.45) is 0. The highest BCUT2D eigenvalue weighted by atomic mass is 35.5. The van der Waals surface area contributed by atoms with Crippen molar-refractivity contribution in [2.75, 3.05) is 17.7 Å². The van der Waals surface area contributed by atoms with Crippen LogP contribution in [0.2, 0.25) is 5.02 Å². The van der Waals surface area contributed by atoms with E-state index in [2.05, 4.69) is 15.7 Å². The van der Waals surface area contributed by atoms with E-state index in [1.165, 1.54) is 19.2 Å². The summed E-state index contributed by atoms with van der Waals surface area (Å²) in [6, 6.07) is 10.8. The maximum absolute atomic E-state index is 13.4. The smallest absolute Gasteiger partial charge is 0.323 e. The van der Waals surface area contributed by atoms with Crippen molar-refractivity contribution in [3.8, 4) is 5.75 Å². The Kier molecular flexibility index (Phi) is 5.84. The van der Waals surface area contributed by atoms with Crippen molar-refractivity contribution in [2.45, 2.75) is 20.4 Å². The molecular weight excluding hydrogens is 383 g/mol. The van der Waals surface area contributed by atoms with Crippen molar-refractivity contribution in [1.82, 2.24) is 9.78 Å². The minimum absolute atomic E-state index is 0.299. The molecule has 2 amide bonds. The summed E-state index contributed by atoms with van der Waals surface area (Å²) in [6.45, 7) is 4.04. The summed E-state index contributed by atoms with van der Waals surface area (Å²) >= 11 is 5.99. The van der Waals surface area contributed by atoms with Gasteiger partial charge in [0.2, 0.25) is 0 Å². The van der Waals surface area contributed by atoms with Crippen LogP contribution in [-0.4, -0.2) is 22.9 Å². The van der Waals surface area contributed by atoms with Crippen LogP contribution in [0.3, 0.4) is 0 Å². The Bertz CT molecular complexity index is 1020. The monoisotopic (exact) mass is 402 g/mol. The number of anilines is 2. The number of amides is 2. The van der Waals surface area contributed by atoms with E-state index in [9.17, 15) is 9.18 Å². The van der Waals surface area contributed by atoms with Gasteiger partial charge in [0.1, 0.15) is 11.6 Å². The van der Waals surface area contributed by atoms with E-state index in [1.54, 1.807) is 35.9 Å². The molecule has 0 bridgehead atoms. The van der Waals surface area contributed by atoms with Gasteiger partial charge in [-0.1, -0.05) is 23.7 Å². The number of carbonyl (C=O) groups is 1. The first-order valence-corrected chi connectivity index (χ1v) is 8.95. The van der Waals surface area contributed by atoms with Crippen molar-refractivity contribution in [3.05, 3.63) is 70.3 Å². The van der Waals surface area contributed by atoms with Crippen LogP contribution in [-0.2, 0) is 6.54 Å². The van der Waals surface area contributed by atoms with Crippen LogP contribution in [0.1, 0.15) is 17.0 Å². The molecule has 3 rings (SSSR count). The third-order valence-corrected chi connectivity index (χ3v) is 4.49. The van der Waals surface area contributed by atoms with E-state index >= 15 is 0 Å². The van der Waals surface area contributed by atoms with Crippen LogP contribution in [0.25, 0.3) is 0 Å². The van der Waals surface area contributed by atoms with Gasteiger partial charge in [-0.05, 0) is 49.7 Å². The molecule has 0 fully saturated rings. The summed E-state index contributed by atoms with van der Waals surface area (Å²) in [5, 5.41) is 10.5. The average Bonchev–Trinajstić information content (AvgIpc) is 2.89. The first kappa shape index (κ1) is 19.7. The van der Waals surface area contributed by atoms with Crippen molar-refractivity contribution in [1.29, 1.82) is 0 Å². The number of benzene rings is 2. The molecule has 28 heavy (non-hydrogen) atoms. The normalized spacial score (nSPS) is 10.6. The van der Waals surface area contributed by atoms with Gasteiger partial charge in [-0.2, -0.15) is 5.10 Å². The second-order valence-electron chi connectivity index (χ2n) is 6.26. The number of aromatic nitrogens is 2. The Labute approximate surface area is 167 Å². The molecule has 2 N–H and O–H groups in total. The van der Waals surface area contributed by atoms with E-state index in [0.717, 1.165) is 11.3 Å². The standard InChI is InChI=1S/C20H20ClFN4O2/c1-12-19(13(2)26(25-12)11-14-5-4-6-16(22)9-14)24-20(27)23-17-10-15(21)7-8-18(17)28-3/h4-10H,11H2,1-3H3,(H2,23,24,27). The highest BCUT2D eigenvalue weighted by molar-refractivity contribution is 6.31. The zero-order valence-electron chi connectivity index (χ0n) is 15.7. The number of carbonyl (C=O) groups excluding carboxylic acids is 1. The van der Waals surface area contributed by atoms with Crippen LogP contribution < -0.4 is 15.4 Å². The van der Waals surface area contributed by atoms with Gasteiger partial charge < -0.3 is 15.4 Å². The minimum Gasteiger partial charge on any atom is -0.495 e. The molecule has 0 saturated carbocycles. The van der Waals surface area contributed by atoms with Gasteiger partial charge in [-0.3, -0.25) is 4.68 Å². The van der Waals surface area contributed by atoms with Crippen molar-refractivity contribution >= 4 is 29.0 Å². The second-order valence-corrected chi connectivity index (χ2v) is 6.69. The lowest BCUT2D eigenvalue weighted by atomic mass is 10.2. The van der Waals surface area contributed by atoms with Gasteiger partial charge in [0.15, 0.2) is 0 Å². The number of aryl methyl sites for hydroxylation is 1. The number of ether oxygens (including phenoxy) is 1. The Hall–Kier alpha value is -3.06. The van der Waals surface area contributed by atoms with Gasteiger partial charge >= 0.3 is 6.03 Å². The number of nitrogens with zero attached hydrogens (tertiary/aromatic N) is 2. The number of methoxy groups -OCH3 is 1. The third kappa shape index (κ3) is 4.43.